The van der Waals surface area contributed by atoms with Gasteiger partial charge in [-0.3, -0.25) is 4.98 Å². The van der Waals surface area contributed by atoms with Gasteiger partial charge in [0, 0.05) is 51.2 Å². The summed E-state index contributed by atoms with van der Waals surface area (Å²) in [5.74, 6) is 0. The van der Waals surface area contributed by atoms with Crippen LogP contribution >= 0.6 is 0 Å². The number of aromatic nitrogens is 2. The van der Waals surface area contributed by atoms with Crippen LogP contribution in [0.1, 0.15) is 0 Å². The molecule has 3 heteroatoms. The standard InChI is InChI=1S/C49H33N3/c1-3-12-34(13-4-1)35-22-25-39(26-23-35)51(40-28-30-50-31-29-40)41-17-11-16-37(32-41)38-24-27-45-47(33-38)52-46-21-10-9-19-43(46)42-18-7-8-20-44(42)49(52)48(45)36-14-5-2-6-15-36/h1-33H. The largest absolute Gasteiger partial charge is 0.310 e. The molecule has 0 saturated heterocycles. The zero-order valence-corrected chi connectivity index (χ0v) is 28.4. The molecule has 0 amide bonds. The highest BCUT2D eigenvalue weighted by Crippen LogP contribution is 2.44. The molecule has 10 aromatic rings. The average Bonchev–Trinajstić information content (AvgIpc) is 3.58. The molecule has 3 aromatic heterocycles. The topological polar surface area (TPSA) is 20.5 Å². The number of rotatable bonds is 6. The Morgan fingerprint density at radius 2 is 0.923 bits per heavy atom. The van der Waals surface area contributed by atoms with Gasteiger partial charge in [-0.1, -0.05) is 140 Å². The molecule has 0 radical (unpaired) electrons. The summed E-state index contributed by atoms with van der Waals surface area (Å²) in [7, 11) is 0. The van der Waals surface area contributed by atoms with E-state index in [4.69, 9.17) is 0 Å². The molecule has 244 valence electrons. The van der Waals surface area contributed by atoms with Crippen LogP contribution in [0.3, 0.4) is 0 Å². The van der Waals surface area contributed by atoms with Gasteiger partial charge >= 0.3 is 0 Å². The van der Waals surface area contributed by atoms with E-state index in [-0.39, 0.29) is 0 Å². The van der Waals surface area contributed by atoms with Crippen LogP contribution in [0.15, 0.2) is 200 Å². The maximum Gasteiger partial charge on any atom is 0.0625 e. The van der Waals surface area contributed by atoms with E-state index in [2.05, 4.69) is 202 Å². The van der Waals surface area contributed by atoms with Gasteiger partial charge in [-0.15, -0.1) is 0 Å². The van der Waals surface area contributed by atoms with Gasteiger partial charge in [-0.2, -0.15) is 0 Å². The van der Waals surface area contributed by atoms with Gasteiger partial charge in [-0.25, -0.2) is 0 Å². The van der Waals surface area contributed by atoms with Crippen molar-refractivity contribution >= 4 is 55.2 Å². The number of para-hydroxylation sites is 1. The predicted molar refractivity (Wildman–Crippen MR) is 219 cm³/mol. The van der Waals surface area contributed by atoms with Gasteiger partial charge in [-0.05, 0) is 81.7 Å². The lowest BCUT2D eigenvalue weighted by Gasteiger charge is -2.26. The lowest BCUT2D eigenvalue weighted by Crippen LogP contribution is -2.10. The second-order valence-corrected chi connectivity index (χ2v) is 13.2. The minimum atomic E-state index is 1.05. The van der Waals surface area contributed by atoms with Crippen molar-refractivity contribution in [1.82, 2.24) is 9.38 Å². The van der Waals surface area contributed by atoms with Crippen molar-refractivity contribution in [2.24, 2.45) is 0 Å². The van der Waals surface area contributed by atoms with Gasteiger partial charge in [0.2, 0.25) is 0 Å². The molecule has 0 spiro atoms. The number of hydrogen-bond donors (Lipinski definition) is 0. The van der Waals surface area contributed by atoms with E-state index in [1.54, 1.807) is 0 Å². The Labute approximate surface area is 302 Å². The third-order valence-corrected chi connectivity index (χ3v) is 10.2. The van der Waals surface area contributed by atoms with E-state index in [0.29, 0.717) is 0 Å². The number of benzene rings is 7. The predicted octanol–water partition coefficient (Wildman–Crippen LogP) is 13.3. The Balaban J connectivity index is 1.17. The summed E-state index contributed by atoms with van der Waals surface area (Å²) >= 11 is 0. The molecule has 0 unspecified atom stereocenters. The summed E-state index contributed by atoms with van der Waals surface area (Å²) in [6.07, 6.45) is 3.71. The molecule has 7 aromatic carbocycles. The molecule has 10 rings (SSSR count). The van der Waals surface area contributed by atoms with Crippen molar-refractivity contribution in [3.63, 3.8) is 0 Å². The summed E-state index contributed by atoms with van der Waals surface area (Å²) < 4.78 is 2.49. The van der Waals surface area contributed by atoms with Crippen LogP contribution in [0.2, 0.25) is 0 Å². The fourth-order valence-electron chi connectivity index (χ4n) is 7.89. The number of hydrogen-bond acceptors (Lipinski definition) is 2. The molecule has 52 heavy (non-hydrogen) atoms. The van der Waals surface area contributed by atoms with Crippen LogP contribution in [-0.4, -0.2) is 9.38 Å². The Hall–Kier alpha value is -6.97. The van der Waals surface area contributed by atoms with E-state index in [1.165, 1.54) is 65.9 Å². The smallest absolute Gasteiger partial charge is 0.0625 e. The molecule has 0 aliphatic carbocycles. The van der Waals surface area contributed by atoms with Crippen LogP contribution in [0, 0.1) is 0 Å². The lowest BCUT2D eigenvalue weighted by molar-refractivity contribution is 1.24. The molecule has 0 atom stereocenters. The molecule has 3 heterocycles. The third-order valence-electron chi connectivity index (χ3n) is 10.2. The highest BCUT2D eigenvalue weighted by molar-refractivity contribution is 6.22. The van der Waals surface area contributed by atoms with E-state index < -0.39 is 0 Å². The third kappa shape index (κ3) is 4.94. The zero-order chi connectivity index (χ0) is 34.4. The normalized spacial score (nSPS) is 11.5. The highest BCUT2D eigenvalue weighted by atomic mass is 15.1. The molecular formula is C49H33N3. The molecule has 0 saturated carbocycles. The number of fused-ring (bicyclic) bond motifs is 8. The highest BCUT2D eigenvalue weighted by Gasteiger charge is 2.20. The lowest BCUT2D eigenvalue weighted by atomic mass is 9.97. The van der Waals surface area contributed by atoms with Crippen molar-refractivity contribution in [3.8, 4) is 33.4 Å². The van der Waals surface area contributed by atoms with E-state index in [1.807, 2.05) is 12.4 Å². The monoisotopic (exact) mass is 663 g/mol. The summed E-state index contributed by atoms with van der Waals surface area (Å²) in [5.41, 5.74) is 14.1. The number of pyridine rings is 2. The maximum atomic E-state index is 4.32. The van der Waals surface area contributed by atoms with Crippen LogP contribution in [0.4, 0.5) is 17.1 Å². The number of anilines is 3. The molecular weight excluding hydrogens is 631 g/mol. The summed E-state index contributed by atoms with van der Waals surface area (Å²) in [6.45, 7) is 0. The number of nitrogens with zero attached hydrogens (tertiary/aromatic N) is 3. The molecule has 0 N–H and O–H groups in total. The van der Waals surface area contributed by atoms with E-state index >= 15 is 0 Å². The van der Waals surface area contributed by atoms with Crippen LogP contribution in [-0.2, 0) is 0 Å². The Bertz CT molecular complexity index is 2880. The minimum Gasteiger partial charge on any atom is -0.310 e. The summed E-state index contributed by atoms with van der Waals surface area (Å²) in [5, 5.41) is 5.02. The summed E-state index contributed by atoms with van der Waals surface area (Å²) in [4.78, 5) is 6.63. The van der Waals surface area contributed by atoms with Crippen molar-refractivity contribution in [1.29, 1.82) is 0 Å². The zero-order valence-electron chi connectivity index (χ0n) is 28.4. The van der Waals surface area contributed by atoms with Gasteiger partial charge in [0.1, 0.15) is 0 Å². The maximum absolute atomic E-state index is 4.32. The minimum absolute atomic E-state index is 1.05. The fourth-order valence-corrected chi connectivity index (χ4v) is 7.89. The average molecular weight is 664 g/mol. The van der Waals surface area contributed by atoms with Gasteiger partial charge in [0.25, 0.3) is 0 Å². The quantitative estimate of drug-likeness (QED) is 0.165. The van der Waals surface area contributed by atoms with Crippen LogP contribution in [0.25, 0.3) is 71.5 Å². The second kappa shape index (κ2) is 12.4. The Morgan fingerprint density at radius 3 is 1.69 bits per heavy atom. The fraction of sp³-hybridized carbons (Fsp3) is 0. The Kier molecular flexibility index (Phi) is 7.14. The van der Waals surface area contributed by atoms with Crippen molar-refractivity contribution in [2.45, 2.75) is 0 Å². The first-order chi connectivity index (χ1) is 25.8. The summed E-state index contributed by atoms with van der Waals surface area (Å²) in [6, 6.07) is 67.8. The van der Waals surface area contributed by atoms with E-state index in [0.717, 1.165) is 22.6 Å². The molecule has 0 fully saturated rings. The molecule has 3 nitrogen and oxygen atoms in total. The second-order valence-electron chi connectivity index (χ2n) is 13.2. The first-order valence-electron chi connectivity index (χ1n) is 17.7. The SMILES string of the molecule is c1ccc(-c2ccc(N(c3ccncc3)c3cccc(-c4ccc5c(-c6ccccc6)c6c7ccccc7c7ccccc7n6c5c4)c3)cc2)cc1. The molecule has 0 bridgehead atoms. The van der Waals surface area contributed by atoms with Gasteiger partial charge in [0.05, 0.1) is 16.6 Å². The van der Waals surface area contributed by atoms with E-state index in [9.17, 15) is 0 Å². The first kappa shape index (κ1) is 29.9. The first-order valence-corrected chi connectivity index (χ1v) is 17.7. The van der Waals surface area contributed by atoms with Crippen LogP contribution < -0.4 is 4.90 Å². The van der Waals surface area contributed by atoms with Crippen LogP contribution in [0.5, 0.6) is 0 Å². The molecule has 0 aliphatic heterocycles. The van der Waals surface area contributed by atoms with Crippen molar-refractivity contribution in [3.05, 3.63) is 200 Å². The Morgan fingerprint density at radius 1 is 0.346 bits per heavy atom. The van der Waals surface area contributed by atoms with Crippen molar-refractivity contribution in [2.75, 3.05) is 4.90 Å². The van der Waals surface area contributed by atoms with Gasteiger partial charge < -0.3 is 9.30 Å². The van der Waals surface area contributed by atoms with Gasteiger partial charge in [0.15, 0.2) is 0 Å². The molecule has 0 aliphatic rings. The van der Waals surface area contributed by atoms with Crippen molar-refractivity contribution < 1.29 is 0 Å².